The molecule has 1 aromatic rings. The summed E-state index contributed by atoms with van der Waals surface area (Å²) in [5, 5.41) is 6.38. The minimum Gasteiger partial charge on any atom is -0.356 e. The van der Waals surface area contributed by atoms with Gasteiger partial charge in [0.05, 0.1) is 5.92 Å². The number of anilines is 1. The Balaban J connectivity index is 1.48. The zero-order chi connectivity index (χ0) is 18.4. The SMILES string of the molecule is CCCCc1ccc(N2CC(C(=O)NCCC3CCNC3)CC2=O)cc1. The van der Waals surface area contributed by atoms with Crippen molar-refractivity contribution >= 4 is 17.5 Å². The van der Waals surface area contributed by atoms with Crippen LogP contribution in [-0.2, 0) is 16.0 Å². The quantitative estimate of drug-likeness (QED) is 0.751. The Bertz CT molecular complexity index is 608. The molecule has 2 fully saturated rings. The second-order valence-electron chi connectivity index (χ2n) is 7.61. The minimum atomic E-state index is -0.232. The lowest BCUT2D eigenvalue weighted by Crippen LogP contribution is -2.34. The first-order chi connectivity index (χ1) is 12.7. The minimum absolute atomic E-state index is 0.0198. The zero-order valence-corrected chi connectivity index (χ0v) is 15.8. The number of hydrogen-bond acceptors (Lipinski definition) is 3. The summed E-state index contributed by atoms with van der Waals surface area (Å²) in [7, 11) is 0. The maximum absolute atomic E-state index is 12.4. The molecule has 2 atom stereocenters. The van der Waals surface area contributed by atoms with Crippen LogP contribution in [0, 0.1) is 11.8 Å². The number of rotatable bonds is 8. The van der Waals surface area contributed by atoms with Gasteiger partial charge in [-0.2, -0.15) is 0 Å². The van der Waals surface area contributed by atoms with E-state index in [1.807, 2.05) is 12.1 Å². The second-order valence-corrected chi connectivity index (χ2v) is 7.61. The molecule has 2 unspecified atom stereocenters. The number of amides is 2. The predicted octanol–water partition coefficient (Wildman–Crippen LogP) is 2.50. The molecule has 0 aromatic heterocycles. The van der Waals surface area contributed by atoms with E-state index in [0.717, 1.165) is 31.6 Å². The predicted molar refractivity (Wildman–Crippen MR) is 104 cm³/mol. The van der Waals surface area contributed by atoms with E-state index in [9.17, 15) is 9.59 Å². The van der Waals surface area contributed by atoms with Crippen LogP contribution in [0.25, 0.3) is 0 Å². The summed E-state index contributed by atoms with van der Waals surface area (Å²) in [6, 6.07) is 8.22. The summed E-state index contributed by atoms with van der Waals surface area (Å²) in [6.07, 6.45) is 5.96. The van der Waals surface area contributed by atoms with E-state index in [-0.39, 0.29) is 17.7 Å². The number of benzene rings is 1. The van der Waals surface area contributed by atoms with Crippen molar-refractivity contribution in [2.75, 3.05) is 31.1 Å². The molecular formula is C21H31N3O2. The van der Waals surface area contributed by atoms with Gasteiger partial charge in [0.1, 0.15) is 0 Å². The van der Waals surface area contributed by atoms with Crippen LogP contribution in [0.2, 0.25) is 0 Å². The molecule has 5 heteroatoms. The molecule has 0 saturated carbocycles. The van der Waals surface area contributed by atoms with E-state index in [1.165, 1.54) is 24.8 Å². The van der Waals surface area contributed by atoms with Crippen LogP contribution in [0.5, 0.6) is 0 Å². The van der Waals surface area contributed by atoms with E-state index in [0.29, 0.717) is 25.4 Å². The van der Waals surface area contributed by atoms with E-state index in [1.54, 1.807) is 4.90 Å². The first-order valence-electron chi connectivity index (χ1n) is 10.0. The van der Waals surface area contributed by atoms with Gasteiger partial charge >= 0.3 is 0 Å². The fourth-order valence-electron chi connectivity index (χ4n) is 3.86. The topological polar surface area (TPSA) is 61.4 Å². The molecule has 3 rings (SSSR count). The van der Waals surface area contributed by atoms with Crippen LogP contribution in [0.1, 0.15) is 44.6 Å². The van der Waals surface area contributed by atoms with Crippen LogP contribution >= 0.6 is 0 Å². The van der Waals surface area contributed by atoms with Crippen LogP contribution in [0.15, 0.2) is 24.3 Å². The number of unbranched alkanes of at least 4 members (excludes halogenated alkanes) is 1. The fraction of sp³-hybridized carbons (Fsp3) is 0.619. The van der Waals surface area contributed by atoms with Crippen LogP contribution in [-0.4, -0.2) is 38.0 Å². The molecule has 0 spiro atoms. The molecule has 2 N–H and O–H groups in total. The van der Waals surface area contributed by atoms with Crippen molar-refractivity contribution < 1.29 is 9.59 Å². The molecule has 2 aliphatic heterocycles. The van der Waals surface area contributed by atoms with Crippen LogP contribution < -0.4 is 15.5 Å². The highest BCUT2D eigenvalue weighted by molar-refractivity contribution is 6.00. The summed E-state index contributed by atoms with van der Waals surface area (Å²) in [5.41, 5.74) is 2.21. The Hall–Kier alpha value is -1.88. The lowest BCUT2D eigenvalue weighted by molar-refractivity contribution is -0.126. The van der Waals surface area contributed by atoms with Gasteiger partial charge in [-0.25, -0.2) is 0 Å². The van der Waals surface area contributed by atoms with Gasteiger partial charge in [-0.1, -0.05) is 25.5 Å². The third-order valence-electron chi connectivity index (χ3n) is 5.58. The first-order valence-corrected chi connectivity index (χ1v) is 10.0. The Morgan fingerprint density at radius 2 is 2.12 bits per heavy atom. The van der Waals surface area contributed by atoms with Crippen molar-refractivity contribution in [3.8, 4) is 0 Å². The highest BCUT2D eigenvalue weighted by Crippen LogP contribution is 2.26. The number of carbonyl (C=O) groups is 2. The largest absolute Gasteiger partial charge is 0.356 e. The van der Waals surface area contributed by atoms with Crippen molar-refractivity contribution in [3.05, 3.63) is 29.8 Å². The van der Waals surface area contributed by atoms with Gasteiger partial charge in [0.25, 0.3) is 0 Å². The summed E-state index contributed by atoms with van der Waals surface area (Å²) in [6.45, 7) is 5.53. The van der Waals surface area contributed by atoms with Gasteiger partial charge in [0, 0.05) is 25.2 Å². The summed E-state index contributed by atoms with van der Waals surface area (Å²) in [5.74, 6) is 0.505. The van der Waals surface area contributed by atoms with Gasteiger partial charge in [-0.05, 0) is 62.4 Å². The van der Waals surface area contributed by atoms with E-state index in [4.69, 9.17) is 0 Å². The normalized spacial score (nSPS) is 22.8. The lowest BCUT2D eigenvalue weighted by atomic mass is 10.0. The monoisotopic (exact) mass is 357 g/mol. The van der Waals surface area contributed by atoms with E-state index in [2.05, 4.69) is 29.7 Å². The van der Waals surface area contributed by atoms with Gasteiger partial charge in [-0.3, -0.25) is 9.59 Å². The molecule has 2 saturated heterocycles. The fourth-order valence-corrected chi connectivity index (χ4v) is 3.86. The Labute approximate surface area is 156 Å². The summed E-state index contributed by atoms with van der Waals surface area (Å²) < 4.78 is 0. The van der Waals surface area contributed by atoms with Crippen LogP contribution in [0.3, 0.4) is 0 Å². The van der Waals surface area contributed by atoms with Crippen LogP contribution in [0.4, 0.5) is 5.69 Å². The number of nitrogens with one attached hydrogen (secondary N) is 2. The number of aryl methyl sites for hydroxylation is 1. The molecule has 1 aromatic carbocycles. The third kappa shape index (κ3) is 4.85. The highest BCUT2D eigenvalue weighted by Gasteiger charge is 2.35. The van der Waals surface area contributed by atoms with Gasteiger partial charge < -0.3 is 15.5 Å². The van der Waals surface area contributed by atoms with E-state index >= 15 is 0 Å². The molecule has 142 valence electrons. The Morgan fingerprint density at radius 3 is 2.81 bits per heavy atom. The van der Waals surface area contributed by atoms with Gasteiger partial charge in [0.15, 0.2) is 0 Å². The standard InChI is InChI=1S/C21H31N3O2/c1-2-3-4-16-5-7-19(8-6-16)24-15-18(13-20(24)25)21(26)23-12-10-17-9-11-22-14-17/h5-8,17-18,22H,2-4,9-15H2,1H3,(H,23,26). The smallest absolute Gasteiger partial charge is 0.227 e. The highest BCUT2D eigenvalue weighted by atomic mass is 16.2. The van der Waals surface area contributed by atoms with Crippen molar-refractivity contribution in [3.63, 3.8) is 0 Å². The lowest BCUT2D eigenvalue weighted by Gasteiger charge is -2.17. The van der Waals surface area contributed by atoms with Crippen molar-refractivity contribution in [1.29, 1.82) is 0 Å². The average molecular weight is 357 g/mol. The first kappa shape index (κ1) is 18.9. The maximum atomic E-state index is 12.4. The number of nitrogens with zero attached hydrogens (tertiary/aromatic N) is 1. The molecule has 26 heavy (non-hydrogen) atoms. The van der Waals surface area contributed by atoms with Gasteiger partial charge in [0.2, 0.25) is 11.8 Å². The molecule has 0 aliphatic carbocycles. The third-order valence-corrected chi connectivity index (χ3v) is 5.58. The van der Waals surface area contributed by atoms with Gasteiger partial charge in [-0.15, -0.1) is 0 Å². The molecule has 2 heterocycles. The molecule has 5 nitrogen and oxygen atoms in total. The summed E-state index contributed by atoms with van der Waals surface area (Å²) >= 11 is 0. The van der Waals surface area contributed by atoms with Crippen molar-refractivity contribution in [2.45, 2.75) is 45.4 Å². The molecule has 2 amide bonds. The number of carbonyl (C=O) groups excluding carboxylic acids is 2. The van der Waals surface area contributed by atoms with Crippen molar-refractivity contribution in [1.82, 2.24) is 10.6 Å². The molecule has 0 radical (unpaired) electrons. The van der Waals surface area contributed by atoms with E-state index < -0.39 is 0 Å². The Morgan fingerprint density at radius 1 is 1.31 bits per heavy atom. The average Bonchev–Trinajstić information content (AvgIpc) is 3.30. The maximum Gasteiger partial charge on any atom is 0.227 e. The Kier molecular flexibility index (Phi) is 6.67. The second kappa shape index (κ2) is 9.17. The molecular weight excluding hydrogens is 326 g/mol. The number of hydrogen-bond donors (Lipinski definition) is 2. The summed E-state index contributed by atoms with van der Waals surface area (Å²) in [4.78, 5) is 26.5. The van der Waals surface area contributed by atoms with Crippen molar-refractivity contribution in [2.24, 2.45) is 11.8 Å². The molecule has 2 aliphatic rings. The molecule has 0 bridgehead atoms. The zero-order valence-electron chi connectivity index (χ0n) is 15.8.